The summed E-state index contributed by atoms with van der Waals surface area (Å²) in [6, 6.07) is -0.0592. The van der Waals surface area contributed by atoms with E-state index in [1.54, 1.807) is 0 Å². The number of aromatic amines is 1. The van der Waals surface area contributed by atoms with Crippen LogP contribution in [0.3, 0.4) is 0 Å². The summed E-state index contributed by atoms with van der Waals surface area (Å²) in [5, 5.41) is 3.26. The first kappa shape index (κ1) is 15.4. The molecule has 0 unspecified atom stereocenters. The highest BCUT2D eigenvalue weighted by Gasteiger charge is 2.36. The first-order valence-electron chi connectivity index (χ1n) is 7.17. The van der Waals surface area contributed by atoms with Crippen LogP contribution >= 0.6 is 0 Å². The number of imidazole rings is 1. The Hall–Kier alpha value is -1.04. The van der Waals surface area contributed by atoms with Crippen molar-refractivity contribution in [1.82, 2.24) is 15.3 Å². The number of aromatic nitrogens is 2. The minimum absolute atomic E-state index is 0.0592. The molecule has 0 amide bonds. The van der Waals surface area contributed by atoms with E-state index in [1.165, 1.54) is 0 Å². The zero-order valence-electron chi connectivity index (χ0n) is 12.0. The Labute approximate surface area is 117 Å². The number of H-pyrrole nitrogens is 1. The molecule has 2 N–H and O–H groups in total. The Morgan fingerprint density at radius 1 is 1.25 bits per heavy atom. The Kier molecular flexibility index (Phi) is 4.73. The predicted octanol–water partition coefficient (Wildman–Crippen LogP) is 3.63. The predicted molar refractivity (Wildman–Crippen MR) is 71.3 cm³/mol. The molecule has 2 atom stereocenters. The van der Waals surface area contributed by atoms with Crippen LogP contribution in [0.2, 0.25) is 0 Å². The first-order valence-corrected chi connectivity index (χ1v) is 7.17. The van der Waals surface area contributed by atoms with Crippen LogP contribution < -0.4 is 5.32 Å². The summed E-state index contributed by atoms with van der Waals surface area (Å²) in [6.07, 6.45) is -1.37. The van der Waals surface area contributed by atoms with Gasteiger partial charge in [-0.15, -0.1) is 0 Å². The minimum atomic E-state index is -4.07. The Balaban J connectivity index is 1.91. The van der Waals surface area contributed by atoms with E-state index < -0.39 is 12.6 Å². The number of hydrogen-bond donors (Lipinski definition) is 2. The highest BCUT2D eigenvalue weighted by atomic mass is 19.4. The monoisotopic (exact) mass is 289 g/mol. The van der Waals surface area contributed by atoms with Crippen LogP contribution in [0.4, 0.5) is 13.2 Å². The van der Waals surface area contributed by atoms with Gasteiger partial charge in [0, 0.05) is 18.2 Å². The van der Waals surface area contributed by atoms with E-state index in [-0.39, 0.29) is 12.0 Å². The minimum Gasteiger partial charge on any atom is -0.345 e. The summed E-state index contributed by atoms with van der Waals surface area (Å²) in [5.41, 5.74) is 1.95. The second-order valence-corrected chi connectivity index (χ2v) is 5.75. The number of hydrogen-bond acceptors (Lipinski definition) is 2. The normalized spacial score (nSPS) is 24.1. The van der Waals surface area contributed by atoms with Crippen LogP contribution in [0, 0.1) is 19.8 Å². The molecule has 6 heteroatoms. The molecule has 114 valence electrons. The molecule has 1 saturated carbocycles. The molecule has 1 aromatic rings. The summed E-state index contributed by atoms with van der Waals surface area (Å²) < 4.78 is 37.8. The lowest BCUT2D eigenvalue weighted by atomic mass is 9.82. The molecule has 1 heterocycles. The van der Waals surface area contributed by atoms with Crippen molar-refractivity contribution in [3.05, 3.63) is 17.2 Å². The Morgan fingerprint density at radius 3 is 2.55 bits per heavy atom. The molecule has 3 nitrogen and oxygen atoms in total. The molecule has 1 aliphatic carbocycles. The molecule has 1 fully saturated rings. The van der Waals surface area contributed by atoms with Gasteiger partial charge in [0.25, 0.3) is 0 Å². The summed E-state index contributed by atoms with van der Waals surface area (Å²) >= 11 is 0. The van der Waals surface area contributed by atoms with E-state index in [2.05, 4.69) is 15.3 Å². The van der Waals surface area contributed by atoms with Gasteiger partial charge in [-0.25, -0.2) is 4.98 Å². The van der Waals surface area contributed by atoms with Crippen molar-refractivity contribution in [3.8, 4) is 0 Å². The van der Waals surface area contributed by atoms with Gasteiger partial charge in [-0.1, -0.05) is 12.8 Å². The summed E-state index contributed by atoms with van der Waals surface area (Å²) in [4.78, 5) is 7.51. The maximum absolute atomic E-state index is 12.6. The van der Waals surface area contributed by atoms with E-state index in [9.17, 15) is 13.2 Å². The van der Waals surface area contributed by atoms with E-state index >= 15 is 0 Å². The summed E-state index contributed by atoms with van der Waals surface area (Å²) in [7, 11) is 0. The standard InChI is InChI=1S/C14H22F3N3/c1-9-10(2)20-13(19-9)8-18-12-6-4-3-5-11(12)7-14(15,16)17/h11-12,18H,3-8H2,1-2H3,(H,19,20)/t11-,12-/m0/s1. The van der Waals surface area contributed by atoms with Gasteiger partial charge in [0.15, 0.2) is 0 Å². The number of rotatable bonds is 4. The SMILES string of the molecule is Cc1nc(CN[C@H]2CCCC[C@H]2CC(F)(F)F)[nH]c1C. The molecular weight excluding hydrogens is 267 g/mol. The number of nitrogens with zero attached hydrogens (tertiary/aromatic N) is 1. The average molecular weight is 289 g/mol. The number of halogens is 3. The molecule has 0 saturated heterocycles. The number of aryl methyl sites for hydroxylation is 2. The van der Waals surface area contributed by atoms with Crippen molar-refractivity contribution in [2.75, 3.05) is 0 Å². The molecular formula is C14H22F3N3. The fraction of sp³-hybridized carbons (Fsp3) is 0.786. The second-order valence-electron chi connectivity index (χ2n) is 5.75. The van der Waals surface area contributed by atoms with Gasteiger partial charge in [-0.3, -0.25) is 0 Å². The van der Waals surface area contributed by atoms with Crippen molar-refractivity contribution in [1.29, 1.82) is 0 Å². The van der Waals surface area contributed by atoms with Crippen molar-refractivity contribution >= 4 is 0 Å². The third-order valence-corrected chi connectivity index (χ3v) is 4.11. The van der Waals surface area contributed by atoms with Gasteiger partial charge in [-0.2, -0.15) is 13.2 Å². The van der Waals surface area contributed by atoms with Crippen LogP contribution in [-0.4, -0.2) is 22.2 Å². The lowest BCUT2D eigenvalue weighted by Gasteiger charge is -2.32. The van der Waals surface area contributed by atoms with Gasteiger partial charge < -0.3 is 10.3 Å². The zero-order chi connectivity index (χ0) is 14.8. The second kappa shape index (κ2) is 6.16. The summed E-state index contributed by atoms with van der Waals surface area (Å²) in [6.45, 7) is 4.37. The van der Waals surface area contributed by atoms with Crippen LogP contribution in [0.5, 0.6) is 0 Å². The highest BCUT2D eigenvalue weighted by molar-refractivity contribution is 5.10. The average Bonchev–Trinajstić information content (AvgIpc) is 2.66. The molecule has 0 radical (unpaired) electrons. The van der Waals surface area contributed by atoms with E-state index in [0.717, 1.165) is 36.5 Å². The lowest BCUT2D eigenvalue weighted by molar-refractivity contribution is -0.148. The van der Waals surface area contributed by atoms with E-state index in [0.29, 0.717) is 13.0 Å². The van der Waals surface area contributed by atoms with E-state index in [1.807, 2.05) is 13.8 Å². The third-order valence-electron chi connectivity index (χ3n) is 4.11. The fourth-order valence-corrected chi connectivity index (χ4v) is 2.95. The zero-order valence-corrected chi connectivity index (χ0v) is 12.0. The molecule has 0 aromatic carbocycles. The topological polar surface area (TPSA) is 40.7 Å². The Bertz CT molecular complexity index is 420. The van der Waals surface area contributed by atoms with Crippen LogP contribution in [-0.2, 0) is 6.54 Å². The van der Waals surface area contributed by atoms with Crippen LogP contribution in [0.1, 0.15) is 49.3 Å². The quantitative estimate of drug-likeness (QED) is 0.888. The molecule has 2 rings (SSSR count). The molecule has 0 aliphatic heterocycles. The van der Waals surface area contributed by atoms with Gasteiger partial charge in [-0.05, 0) is 32.6 Å². The van der Waals surface area contributed by atoms with Gasteiger partial charge in [0.1, 0.15) is 5.82 Å². The number of nitrogens with one attached hydrogen (secondary N) is 2. The first-order chi connectivity index (χ1) is 9.35. The maximum atomic E-state index is 12.6. The third kappa shape index (κ3) is 4.23. The largest absolute Gasteiger partial charge is 0.389 e. The lowest BCUT2D eigenvalue weighted by Crippen LogP contribution is -2.40. The Morgan fingerprint density at radius 2 is 1.95 bits per heavy atom. The molecule has 0 bridgehead atoms. The van der Waals surface area contributed by atoms with Gasteiger partial charge >= 0.3 is 6.18 Å². The molecule has 1 aromatic heterocycles. The summed E-state index contributed by atoms with van der Waals surface area (Å²) in [5.74, 6) is 0.497. The number of alkyl halides is 3. The molecule has 0 spiro atoms. The van der Waals surface area contributed by atoms with Gasteiger partial charge in [0.2, 0.25) is 0 Å². The molecule has 1 aliphatic rings. The smallest absolute Gasteiger partial charge is 0.345 e. The van der Waals surface area contributed by atoms with Crippen molar-refractivity contribution in [2.45, 2.75) is 64.7 Å². The van der Waals surface area contributed by atoms with Crippen molar-refractivity contribution < 1.29 is 13.2 Å². The fourth-order valence-electron chi connectivity index (χ4n) is 2.95. The van der Waals surface area contributed by atoms with E-state index in [4.69, 9.17) is 0 Å². The van der Waals surface area contributed by atoms with Crippen LogP contribution in [0.25, 0.3) is 0 Å². The molecule has 20 heavy (non-hydrogen) atoms. The maximum Gasteiger partial charge on any atom is 0.389 e. The van der Waals surface area contributed by atoms with Crippen molar-refractivity contribution in [3.63, 3.8) is 0 Å². The van der Waals surface area contributed by atoms with Crippen molar-refractivity contribution in [2.24, 2.45) is 5.92 Å². The highest BCUT2D eigenvalue weighted by Crippen LogP contribution is 2.34. The van der Waals surface area contributed by atoms with Crippen LogP contribution in [0.15, 0.2) is 0 Å². The van der Waals surface area contributed by atoms with Gasteiger partial charge in [0.05, 0.1) is 12.2 Å².